The number of H-pyrrole nitrogens is 1. The van der Waals surface area contributed by atoms with Crippen LogP contribution in [-0.4, -0.2) is 53.9 Å². The molecule has 0 spiro atoms. The number of benzene rings is 1. The van der Waals surface area contributed by atoms with Gasteiger partial charge in [0.15, 0.2) is 0 Å². The van der Waals surface area contributed by atoms with Gasteiger partial charge in [0.1, 0.15) is 17.2 Å². The van der Waals surface area contributed by atoms with E-state index < -0.39 is 12.1 Å². The number of alkyl halides is 3. The van der Waals surface area contributed by atoms with Crippen LogP contribution in [0.2, 0.25) is 0 Å². The fraction of sp³-hybridized carbons (Fsp3) is 0.481. The van der Waals surface area contributed by atoms with Crippen molar-refractivity contribution in [2.45, 2.75) is 57.7 Å². The molecule has 1 amide bonds. The molecule has 1 fully saturated rings. The maximum Gasteiger partial charge on any atom is 0.573 e. The summed E-state index contributed by atoms with van der Waals surface area (Å²) >= 11 is 0. The van der Waals surface area contributed by atoms with E-state index in [0.29, 0.717) is 31.5 Å². The van der Waals surface area contributed by atoms with Gasteiger partial charge in [0, 0.05) is 55.2 Å². The lowest BCUT2D eigenvalue weighted by atomic mass is 9.85. The highest BCUT2D eigenvalue weighted by Crippen LogP contribution is 2.39. The Balaban J connectivity index is 0.000000786. The first-order valence-electron chi connectivity index (χ1n) is 12.7. The summed E-state index contributed by atoms with van der Waals surface area (Å²) in [4.78, 5) is 22.2. The number of fused-ring (bicyclic) bond motifs is 3. The van der Waals surface area contributed by atoms with E-state index in [1.165, 1.54) is 12.3 Å². The fourth-order valence-electron chi connectivity index (χ4n) is 5.24. The number of likely N-dealkylation sites (tertiary alicyclic amines) is 1. The number of nitrogens with zero attached hydrogens (tertiary/aromatic N) is 2. The van der Waals surface area contributed by atoms with E-state index in [0.717, 1.165) is 66.7 Å². The first kappa shape index (κ1) is 27.7. The average molecular weight is 537 g/mol. The van der Waals surface area contributed by atoms with Crippen LogP contribution in [0.25, 0.3) is 11.0 Å². The number of nitrogen functional groups attached to an aromatic ring is 1. The van der Waals surface area contributed by atoms with Gasteiger partial charge in [-0.2, -0.15) is 0 Å². The predicted molar refractivity (Wildman–Crippen MR) is 136 cm³/mol. The molecule has 0 unspecified atom stereocenters. The number of pyridine rings is 1. The summed E-state index contributed by atoms with van der Waals surface area (Å²) in [7, 11) is 1.68. The number of ether oxygens (including phenoxy) is 2. The van der Waals surface area contributed by atoms with Gasteiger partial charge < -0.3 is 25.1 Å². The number of hydrogen-bond acceptors (Lipinski definition) is 5. The first-order chi connectivity index (χ1) is 18.1. The fourth-order valence-corrected chi connectivity index (χ4v) is 5.24. The second-order valence-corrected chi connectivity index (χ2v) is 9.47. The Morgan fingerprint density at radius 3 is 2.53 bits per heavy atom. The number of piperidine rings is 1. The molecule has 1 aliphatic heterocycles. The van der Waals surface area contributed by atoms with Crippen molar-refractivity contribution in [3.05, 3.63) is 52.6 Å². The van der Waals surface area contributed by atoms with Gasteiger partial charge in [-0.3, -0.25) is 4.79 Å². The number of aromatic amines is 1. The number of halogens is 4. The van der Waals surface area contributed by atoms with Crippen LogP contribution in [-0.2, 0) is 17.6 Å². The predicted octanol–water partition coefficient (Wildman–Crippen LogP) is 5.73. The van der Waals surface area contributed by atoms with Gasteiger partial charge in [0.05, 0.1) is 11.8 Å². The molecule has 0 atom stereocenters. The lowest BCUT2D eigenvalue weighted by molar-refractivity contribution is -0.274. The van der Waals surface area contributed by atoms with Gasteiger partial charge in [-0.05, 0) is 69.1 Å². The minimum atomic E-state index is -4.84. The van der Waals surface area contributed by atoms with Gasteiger partial charge >= 0.3 is 6.36 Å². The SMILES string of the molecule is CCOC.Nc1cc(OC(F)(F)F)ccc1C(=O)N1CCC(c2c(F)cnc3[nH]c4c(c23)CCCC4)CC1. The molecule has 0 bridgehead atoms. The van der Waals surface area contributed by atoms with E-state index in [9.17, 15) is 18.0 Å². The van der Waals surface area contributed by atoms with Crippen molar-refractivity contribution in [2.75, 3.05) is 32.5 Å². The molecule has 3 N–H and O–H groups in total. The zero-order chi connectivity index (χ0) is 27.4. The van der Waals surface area contributed by atoms with E-state index in [-0.39, 0.29) is 28.9 Å². The van der Waals surface area contributed by atoms with Crippen LogP contribution in [0.3, 0.4) is 0 Å². The molecule has 1 aromatic carbocycles. The van der Waals surface area contributed by atoms with Gasteiger partial charge in [0.25, 0.3) is 5.91 Å². The minimum Gasteiger partial charge on any atom is -0.406 e. The van der Waals surface area contributed by atoms with Crippen LogP contribution < -0.4 is 10.5 Å². The summed E-state index contributed by atoms with van der Waals surface area (Å²) in [6, 6.07) is 3.30. The Kier molecular flexibility index (Phi) is 8.44. The number of carbonyl (C=O) groups is 1. The number of nitrogens with two attached hydrogens (primary N) is 1. The highest BCUT2D eigenvalue weighted by atomic mass is 19.4. The molecule has 0 radical (unpaired) electrons. The van der Waals surface area contributed by atoms with Crippen LogP contribution >= 0.6 is 0 Å². The highest BCUT2D eigenvalue weighted by molar-refractivity contribution is 5.99. The number of methoxy groups -OCH3 is 1. The second-order valence-electron chi connectivity index (χ2n) is 9.47. The lowest BCUT2D eigenvalue weighted by Gasteiger charge is -2.33. The van der Waals surface area contributed by atoms with Crippen molar-refractivity contribution in [3.8, 4) is 5.75 Å². The quantitative estimate of drug-likeness (QED) is 0.328. The molecule has 11 heteroatoms. The number of aromatic nitrogens is 2. The summed E-state index contributed by atoms with van der Waals surface area (Å²) in [5.41, 5.74) is 9.57. The van der Waals surface area contributed by atoms with Crippen LogP contribution in [0.1, 0.15) is 65.7 Å². The van der Waals surface area contributed by atoms with Crippen molar-refractivity contribution >= 4 is 22.6 Å². The van der Waals surface area contributed by atoms with Gasteiger partial charge in [-0.25, -0.2) is 9.37 Å². The minimum absolute atomic E-state index is 0.0590. The number of hydrogen-bond donors (Lipinski definition) is 2. The third-order valence-electron chi connectivity index (χ3n) is 7.08. The summed E-state index contributed by atoms with van der Waals surface area (Å²) in [5.74, 6) is -1.23. The molecule has 7 nitrogen and oxygen atoms in total. The largest absolute Gasteiger partial charge is 0.573 e. The molecule has 5 rings (SSSR count). The smallest absolute Gasteiger partial charge is 0.406 e. The summed E-state index contributed by atoms with van der Waals surface area (Å²) in [6.45, 7) is 3.55. The monoisotopic (exact) mass is 536 g/mol. The molecule has 38 heavy (non-hydrogen) atoms. The van der Waals surface area contributed by atoms with Gasteiger partial charge in [-0.15, -0.1) is 13.2 Å². The van der Waals surface area contributed by atoms with Crippen LogP contribution in [0.15, 0.2) is 24.4 Å². The van der Waals surface area contributed by atoms with Crippen molar-refractivity contribution in [2.24, 2.45) is 0 Å². The zero-order valence-electron chi connectivity index (χ0n) is 21.5. The Hall–Kier alpha value is -3.34. The van der Waals surface area contributed by atoms with Crippen LogP contribution in [0.4, 0.5) is 23.2 Å². The maximum absolute atomic E-state index is 15.0. The summed E-state index contributed by atoms with van der Waals surface area (Å²) in [6.07, 6.45) is 1.57. The Bertz CT molecular complexity index is 1280. The van der Waals surface area contributed by atoms with Crippen molar-refractivity contribution in [3.63, 3.8) is 0 Å². The van der Waals surface area contributed by atoms with E-state index in [2.05, 4.69) is 19.4 Å². The Labute approximate surface area is 218 Å². The maximum atomic E-state index is 15.0. The van der Waals surface area contributed by atoms with E-state index in [4.69, 9.17) is 5.73 Å². The van der Waals surface area contributed by atoms with Crippen LogP contribution in [0, 0.1) is 5.82 Å². The molecule has 1 saturated heterocycles. The number of rotatable bonds is 4. The number of amides is 1. The standard InChI is InChI=1S/C24H24F4N4O2.C3H8O/c25-17-12-30-22-21(16-3-1-2-4-19(16)31-22)20(17)13-7-9-32(10-8-13)23(33)15-6-5-14(11-18(15)29)34-24(26,27)28;1-3-4-2/h5-6,11-13H,1-4,7-10,29H2,(H,30,31);3H2,1-2H3. The summed E-state index contributed by atoms with van der Waals surface area (Å²) in [5, 5.41) is 0.893. The zero-order valence-corrected chi connectivity index (χ0v) is 21.5. The molecule has 2 aromatic heterocycles. The van der Waals surface area contributed by atoms with Crippen molar-refractivity contribution in [1.29, 1.82) is 0 Å². The summed E-state index contributed by atoms with van der Waals surface area (Å²) < 4.78 is 60.7. The molecule has 2 aliphatic rings. The van der Waals surface area contributed by atoms with Crippen LogP contribution in [0.5, 0.6) is 5.75 Å². The third-order valence-corrected chi connectivity index (χ3v) is 7.08. The number of carbonyl (C=O) groups excluding carboxylic acids is 1. The molecule has 206 valence electrons. The van der Waals surface area contributed by atoms with Crippen molar-refractivity contribution < 1.29 is 31.8 Å². The number of anilines is 1. The van der Waals surface area contributed by atoms with Gasteiger partial charge in [-0.1, -0.05) is 0 Å². The molecular formula is C27H32F4N4O3. The molecular weight excluding hydrogens is 504 g/mol. The van der Waals surface area contributed by atoms with E-state index in [1.807, 2.05) is 6.92 Å². The highest BCUT2D eigenvalue weighted by Gasteiger charge is 2.33. The Morgan fingerprint density at radius 1 is 1.21 bits per heavy atom. The molecule has 1 aliphatic carbocycles. The molecule has 0 saturated carbocycles. The number of nitrogens with one attached hydrogen (secondary N) is 1. The third kappa shape index (κ3) is 6.03. The molecule has 3 heterocycles. The first-order valence-corrected chi connectivity index (χ1v) is 12.7. The van der Waals surface area contributed by atoms with E-state index in [1.54, 1.807) is 12.0 Å². The number of aryl methyl sites for hydroxylation is 2. The van der Waals surface area contributed by atoms with Crippen molar-refractivity contribution in [1.82, 2.24) is 14.9 Å². The van der Waals surface area contributed by atoms with Gasteiger partial charge in [0.2, 0.25) is 0 Å². The van der Waals surface area contributed by atoms with E-state index >= 15 is 4.39 Å². The second kappa shape index (κ2) is 11.6. The molecule has 3 aromatic rings. The normalized spacial score (nSPS) is 16.1. The Morgan fingerprint density at radius 2 is 1.89 bits per heavy atom. The topological polar surface area (TPSA) is 93.5 Å². The average Bonchev–Trinajstić information content (AvgIpc) is 3.26. The lowest BCUT2D eigenvalue weighted by Crippen LogP contribution is -2.38.